The Labute approximate surface area is 140 Å². The van der Waals surface area contributed by atoms with Gasteiger partial charge in [-0.3, -0.25) is 4.79 Å². The van der Waals surface area contributed by atoms with Crippen molar-refractivity contribution in [3.63, 3.8) is 0 Å². The molecule has 4 heteroatoms. The third-order valence-corrected chi connectivity index (χ3v) is 5.43. The number of carbonyl (C=O) groups excluding carboxylic acids is 1. The molecule has 1 aliphatic carbocycles. The van der Waals surface area contributed by atoms with Gasteiger partial charge in [0.2, 0.25) is 0 Å². The predicted octanol–water partition coefficient (Wildman–Crippen LogP) is 3.83. The van der Waals surface area contributed by atoms with Crippen molar-refractivity contribution in [2.45, 2.75) is 39.2 Å². The number of Topliss-reactive ketones (excluding diaryl/α,β-unsaturated/α-hetero) is 1. The number of rotatable bonds is 1. The monoisotopic (exact) mass is 317 g/mol. The highest BCUT2D eigenvalue weighted by molar-refractivity contribution is 6.20. The lowest BCUT2D eigenvalue weighted by molar-refractivity contribution is 0.102. The van der Waals surface area contributed by atoms with Gasteiger partial charge in [-0.2, -0.15) is 0 Å². The molecule has 2 aromatic heterocycles. The van der Waals surface area contributed by atoms with Crippen molar-refractivity contribution < 1.29 is 4.79 Å². The molecule has 24 heavy (non-hydrogen) atoms. The van der Waals surface area contributed by atoms with Crippen LogP contribution in [0.15, 0.2) is 30.1 Å². The van der Waals surface area contributed by atoms with Gasteiger partial charge in [-0.15, -0.1) is 0 Å². The van der Waals surface area contributed by atoms with E-state index in [2.05, 4.69) is 32.7 Å². The number of hydrogen-bond acceptors (Lipinski definition) is 2. The molecule has 3 aromatic rings. The van der Waals surface area contributed by atoms with Crippen molar-refractivity contribution in [2.75, 3.05) is 0 Å². The quantitative estimate of drug-likeness (QED) is 0.693. The summed E-state index contributed by atoms with van der Waals surface area (Å²) in [6.07, 6.45) is 7.65. The van der Waals surface area contributed by atoms with Gasteiger partial charge in [0.05, 0.1) is 23.1 Å². The Balaban J connectivity index is 1.71. The van der Waals surface area contributed by atoms with Gasteiger partial charge >= 0.3 is 0 Å². The molecule has 0 spiro atoms. The predicted molar refractivity (Wildman–Crippen MR) is 94.2 cm³/mol. The molecule has 0 saturated carbocycles. The van der Waals surface area contributed by atoms with E-state index >= 15 is 0 Å². The fourth-order valence-corrected chi connectivity index (χ4v) is 4.27. The molecule has 120 valence electrons. The molecule has 0 amide bonds. The topological polar surface area (TPSA) is 50.7 Å². The number of nitrogens with one attached hydrogen (secondary N) is 1. The maximum atomic E-state index is 13.2. The summed E-state index contributed by atoms with van der Waals surface area (Å²) in [6, 6.07) is 6.41. The van der Waals surface area contributed by atoms with Gasteiger partial charge < -0.3 is 9.55 Å². The molecular formula is C20H19N3O. The summed E-state index contributed by atoms with van der Waals surface area (Å²) in [4.78, 5) is 20.6. The van der Waals surface area contributed by atoms with E-state index in [1.165, 1.54) is 16.8 Å². The Morgan fingerprint density at radius 2 is 2.17 bits per heavy atom. The molecule has 1 N–H and O–H groups in total. The molecule has 4 nitrogen and oxygen atoms in total. The number of nitrogens with zero attached hydrogens (tertiary/aromatic N) is 2. The number of fused-ring (bicyclic) bond motifs is 3. The molecule has 0 bridgehead atoms. The highest BCUT2D eigenvalue weighted by Crippen LogP contribution is 2.38. The van der Waals surface area contributed by atoms with Gasteiger partial charge in [-0.05, 0) is 44.2 Å². The first kappa shape index (κ1) is 13.8. The zero-order valence-corrected chi connectivity index (χ0v) is 13.7. The average Bonchev–Trinajstić information content (AvgIpc) is 3.15. The number of allylic oxidation sites excluding steroid dienone is 1. The van der Waals surface area contributed by atoms with Crippen LogP contribution in [0.5, 0.6) is 0 Å². The second-order valence-corrected chi connectivity index (χ2v) is 6.80. The Bertz CT molecular complexity index is 1020. The van der Waals surface area contributed by atoms with E-state index in [1.807, 2.05) is 13.0 Å². The minimum Gasteiger partial charge on any atom is -0.348 e. The van der Waals surface area contributed by atoms with Crippen LogP contribution >= 0.6 is 0 Å². The van der Waals surface area contributed by atoms with Crippen LogP contribution in [0.2, 0.25) is 0 Å². The van der Waals surface area contributed by atoms with Crippen LogP contribution in [0.4, 0.5) is 0 Å². The Morgan fingerprint density at radius 3 is 3.00 bits per heavy atom. The zero-order chi connectivity index (χ0) is 16.3. The first-order valence-corrected chi connectivity index (χ1v) is 8.62. The van der Waals surface area contributed by atoms with Gasteiger partial charge in [0, 0.05) is 28.9 Å². The number of aromatic nitrogens is 3. The molecule has 0 radical (unpaired) electrons. The average molecular weight is 317 g/mol. The molecule has 2 aliphatic rings. The standard InChI is InChI=1S/C20H19N3O/c1-12-16(22-11-21-12)10-14-7-8-17-18(20(14)24)15-6-2-4-13-5-3-9-23(17)19(13)15/h2,4,6,10-11H,3,5,7-9H2,1H3,(H,21,22)/b14-10+. The maximum Gasteiger partial charge on any atom is 0.191 e. The Hall–Kier alpha value is -2.62. The second-order valence-electron chi connectivity index (χ2n) is 6.80. The largest absolute Gasteiger partial charge is 0.348 e. The summed E-state index contributed by atoms with van der Waals surface area (Å²) in [6.45, 7) is 3.02. The van der Waals surface area contributed by atoms with Crippen LogP contribution in [0, 0.1) is 6.92 Å². The number of para-hydroxylation sites is 1. The van der Waals surface area contributed by atoms with Gasteiger partial charge in [0.1, 0.15) is 0 Å². The second kappa shape index (κ2) is 4.94. The molecule has 5 rings (SSSR count). The van der Waals surface area contributed by atoms with Crippen LogP contribution in [-0.4, -0.2) is 20.3 Å². The number of ketones is 1. The van der Waals surface area contributed by atoms with Crippen molar-refractivity contribution in [3.05, 3.63) is 58.3 Å². The number of aryl methyl sites for hydroxylation is 3. The fourth-order valence-electron chi connectivity index (χ4n) is 4.27. The molecule has 3 heterocycles. The van der Waals surface area contributed by atoms with Crippen LogP contribution < -0.4 is 0 Å². The Kier molecular flexibility index (Phi) is 2.84. The SMILES string of the molecule is Cc1[nH]cnc1/C=C1\CCc2c(c3cccc4c3n2CCC4)C1=O. The summed E-state index contributed by atoms with van der Waals surface area (Å²) >= 11 is 0. The lowest BCUT2D eigenvalue weighted by Crippen LogP contribution is -2.17. The minimum absolute atomic E-state index is 0.182. The Morgan fingerprint density at radius 1 is 1.25 bits per heavy atom. The first-order chi connectivity index (χ1) is 11.7. The molecule has 0 fully saturated rings. The van der Waals surface area contributed by atoms with Crippen molar-refractivity contribution >= 4 is 22.8 Å². The number of carbonyl (C=O) groups is 1. The zero-order valence-electron chi connectivity index (χ0n) is 13.7. The molecular weight excluding hydrogens is 298 g/mol. The van der Waals surface area contributed by atoms with Gasteiger partial charge in [-0.25, -0.2) is 4.98 Å². The van der Waals surface area contributed by atoms with Crippen molar-refractivity contribution in [3.8, 4) is 0 Å². The van der Waals surface area contributed by atoms with Crippen LogP contribution in [0.1, 0.15) is 45.8 Å². The lowest BCUT2D eigenvalue weighted by atomic mass is 9.89. The van der Waals surface area contributed by atoms with Crippen molar-refractivity contribution in [1.82, 2.24) is 14.5 Å². The van der Waals surface area contributed by atoms with Crippen molar-refractivity contribution in [2.24, 2.45) is 0 Å². The highest BCUT2D eigenvalue weighted by atomic mass is 16.1. The van der Waals surface area contributed by atoms with Gasteiger partial charge in [0.15, 0.2) is 5.78 Å². The number of aromatic amines is 1. The summed E-state index contributed by atoms with van der Waals surface area (Å²) in [5, 5.41) is 1.14. The number of imidazole rings is 1. The number of H-pyrrole nitrogens is 1. The maximum absolute atomic E-state index is 13.2. The van der Waals surface area contributed by atoms with Crippen molar-refractivity contribution in [1.29, 1.82) is 0 Å². The molecule has 1 aromatic carbocycles. The van der Waals surface area contributed by atoms with E-state index in [0.717, 1.165) is 60.1 Å². The fraction of sp³-hybridized carbons (Fsp3) is 0.300. The third kappa shape index (κ3) is 1.80. The number of benzene rings is 1. The summed E-state index contributed by atoms with van der Waals surface area (Å²) in [5.41, 5.74) is 7.59. The van der Waals surface area contributed by atoms with Crippen LogP contribution in [-0.2, 0) is 19.4 Å². The summed E-state index contributed by atoms with van der Waals surface area (Å²) in [5.74, 6) is 0.182. The summed E-state index contributed by atoms with van der Waals surface area (Å²) < 4.78 is 2.40. The third-order valence-electron chi connectivity index (χ3n) is 5.43. The minimum atomic E-state index is 0.182. The molecule has 1 aliphatic heterocycles. The first-order valence-electron chi connectivity index (χ1n) is 8.62. The van der Waals surface area contributed by atoms with Crippen LogP contribution in [0.3, 0.4) is 0 Å². The number of hydrogen-bond donors (Lipinski definition) is 1. The van der Waals surface area contributed by atoms with E-state index in [1.54, 1.807) is 6.33 Å². The van der Waals surface area contributed by atoms with Crippen LogP contribution in [0.25, 0.3) is 17.0 Å². The van der Waals surface area contributed by atoms with Gasteiger partial charge in [0.25, 0.3) is 0 Å². The molecule has 0 atom stereocenters. The lowest BCUT2D eigenvalue weighted by Gasteiger charge is -2.20. The molecule has 0 saturated heterocycles. The normalized spacial score (nSPS) is 18.4. The highest BCUT2D eigenvalue weighted by Gasteiger charge is 2.30. The summed E-state index contributed by atoms with van der Waals surface area (Å²) in [7, 11) is 0. The van der Waals surface area contributed by atoms with E-state index in [4.69, 9.17) is 0 Å². The van der Waals surface area contributed by atoms with E-state index in [9.17, 15) is 4.79 Å². The van der Waals surface area contributed by atoms with E-state index in [0.29, 0.717) is 0 Å². The van der Waals surface area contributed by atoms with Gasteiger partial charge in [-0.1, -0.05) is 18.2 Å². The van der Waals surface area contributed by atoms with E-state index in [-0.39, 0.29) is 5.78 Å². The smallest absolute Gasteiger partial charge is 0.191 e. The van der Waals surface area contributed by atoms with E-state index < -0.39 is 0 Å². The molecule has 0 unspecified atom stereocenters.